The molecule has 2 aromatic carbocycles. The van der Waals surface area contributed by atoms with Crippen molar-refractivity contribution >= 4 is 16.7 Å². The van der Waals surface area contributed by atoms with E-state index in [0.717, 1.165) is 25.7 Å². The molecule has 0 aliphatic rings. The first-order valence-electron chi connectivity index (χ1n) is 7.96. The zero-order chi connectivity index (χ0) is 14.9. The summed E-state index contributed by atoms with van der Waals surface area (Å²) < 4.78 is 0. The molecule has 2 nitrogen and oxygen atoms in total. The monoisotopic (exact) mass is 284 g/mol. The Balaban J connectivity index is 1.67. The number of aryl methyl sites for hydroxylation is 1. The molecule has 21 heavy (non-hydrogen) atoms. The maximum atomic E-state index is 10.4. The van der Waals surface area contributed by atoms with Gasteiger partial charge < -0.3 is 5.11 Å². The van der Waals surface area contributed by atoms with E-state index in [1.54, 1.807) is 0 Å². The van der Waals surface area contributed by atoms with E-state index in [1.165, 1.54) is 35.6 Å². The molecule has 2 heteroatoms. The Labute approximate surface area is 126 Å². The minimum atomic E-state index is -0.675. The van der Waals surface area contributed by atoms with Gasteiger partial charge in [-0.3, -0.25) is 4.79 Å². The van der Waals surface area contributed by atoms with E-state index in [2.05, 4.69) is 42.5 Å². The van der Waals surface area contributed by atoms with Crippen molar-refractivity contribution in [1.82, 2.24) is 0 Å². The van der Waals surface area contributed by atoms with Crippen LogP contribution in [0.15, 0.2) is 42.5 Å². The summed E-state index contributed by atoms with van der Waals surface area (Å²) in [6.07, 6.45) is 8.13. The molecule has 1 N–H and O–H groups in total. The second-order valence-corrected chi connectivity index (χ2v) is 5.65. The predicted molar refractivity (Wildman–Crippen MR) is 87.6 cm³/mol. The standard InChI is InChI=1S/C19H24O2/c20-19(21)15-6-4-2-1-3-5-10-16-12-9-13-17-11-7-8-14-18(16)17/h7-9,11-14H,1-6,10,15H2,(H,20,21). The third kappa shape index (κ3) is 5.22. The van der Waals surface area contributed by atoms with Crippen LogP contribution in [0.1, 0.15) is 50.5 Å². The molecule has 0 heterocycles. The zero-order valence-corrected chi connectivity index (χ0v) is 12.6. The van der Waals surface area contributed by atoms with E-state index >= 15 is 0 Å². The second-order valence-electron chi connectivity index (χ2n) is 5.65. The minimum Gasteiger partial charge on any atom is -0.481 e. The highest BCUT2D eigenvalue weighted by Crippen LogP contribution is 2.20. The molecule has 2 aromatic rings. The lowest BCUT2D eigenvalue weighted by Gasteiger charge is -2.06. The Bertz CT molecular complexity index is 569. The first-order valence-corrected chi connectivity index (χ1v) is 7.96. The minimum absolute atomic E-state index is 0.315. The fourth-order valence-electron chi connectivity index (χ4n) is 2.81. The predicted octanol–water partition coefficient (Wildman–Crippen LogP) is 5.20. The Kier molecular flexibility index (Phi) is 6.26. The number of fused-ring (bicyclic) bond motifs is 1. The molecule has 0 unspecified atom stereocenters. The Hall–Kier alpha value is -1.83. The molecule has 0 saturated carbocycles. The van der Waals surface area contributed by atoms with Crippen molar-refractivity contribution in [1.29, 1.82) is 0 Å². The van der Waals surface area contributed by atoms with Crippen LogP contribution < -0.4 is 0 Å². The van der Waals surface area contributed by atoms with Crippen molar-refractivity contribution in [2.24, 2.45) is 0 Å². The highest BCUT2D eigenvalue weighted by atomic mass is 16.4. The van der Waals surface area contributed by atoms with E-state index in [9.17, 15) is 4.79 Å². The summed E-state index contributed by atoms with van der Waals surface area (Å²) in [6.45, 7) is 0. The third-order valence-corrected chi connectivity index (χ3v) is 3.97. The summed E-state index contributed by atoms with van der Waals surface area (Å²) in [6, 6.07) is 15.1. The van der Waals surface area contributed by atoms with Crippen molar-refractivity contribution in [3.63, 3.8) is 0 Å². The quantitative estimate of drug-likeness (QED) is 0.643. The van der Waals surface area contributed by atoms with Gasteiger partial charge in [0.1, 0.15) is 0 Å². The van der Waals surface area contributed by atoms with Gasteiger partial charge in [0, 0.05) is 6.42 Å². The molecule has 0 amide bonds. The van der Waals surface area contributed by atoms with E-state index < -0.39 is 5.97 Å². The first-order chi connectivity index (χ1) is 10.3. The van der Waals surface area contributed by atoms with Crippen LogP contribution in [0.3, 0.4) is 0 Å². The first kappa shape index (κ1) is 15.6. The molecule has 0 saturated heterocycles. The van der Waals surface area contributed by atoms with Gasteiger partial charge in [-0.15, -0.1) is 0 Å². The number of carbonyl (C=O) groups is 1. The van der Waals surface area contributed by atoms with Gasteiger partial charge >= 0.3 is 5.97 Å². The zero-order valence-electron chi connectivity index (χ0n) is 12.6. The number of carboxylic acid groups (broad SMARTS) is 1. The molecular formula is C19H24O2. The highest BCUT2D eigenvalue weighted by Gasteiger charge is 2.00. The van der Waals surface area contributed by atoms with Gasteiger partial charge in [0.15, 0.2) is 0 Å². The van der Waals surface area contributed by atoms with Crippen LogP contribution in [0, 0.1) is 0 Å². The molecule has 0 aliphatic heterocycles. The van der Waals surface area contributed by atoms with E-state index in [-0.39, 0.29) is 0 Å². The van der Waals surface area contributed by atoms with Gasteiger partial charge in [0.25, 0.3) is 0 Å². The summed E-state index contributed by atoms with van der Waals surface area (Å²) in [7, 11) is 0. The Morgan fingerprint density at radius 3 is 2.29 bits per heavy atom. The molecule has 0 spiro atoms. The molecule has 112 valence electrons. The van der Waals surface area contributed by atoms with Gasteiger partial charge in [0.05, 0.1) is 0 Å². The van der Waals surface area contributed by atoms with Crippen LogP contribution in [-0.4, -0.2) is 11.1 Å². The number of carboxylic acids is 1. The smallest absolute Gasteiger partial charge is 0.303 e. The van der Waals surface area contributed by atoms with Crippen molar-refractivity contribution < 1.29 is 9.90 Å². The fourth-order valence-corrected chi connectivity index (χ4v) is 2.81. The van der Waals surface area contributed by atoms with E-state index in [0.29, 0.717) is 6.42 Å². The van der Waals surface area contributed by atoms with Crippen LogP contribution in [0.5, 0.6) is 0 Å². The maximum Gasteiger partial charge on any atom is 0.303 e. The topological polar surface area (TPSA) is 37.3 Å². The fraction of sp³-hybridized carbons (Fsp3) is 0.421. The number of hydrogen-bond donors (Lipinski definition) is 1. The normalized spacial score (nSPS) is 10.9. The summed E-state index contributed by atoms with van der Waals surface area (Å²) in [5, 5.41) is 11.3. The molecule has 0 atom stereocenters. The largest absolute Gasteiger partial charge is 0.481 e. The van der Waals surface area contributed by atoms with Crippen molar-refractivity contribution in [2.75, 3.05) is 0 Å². The molecule has 0 bridgehead atoms. The highest BCUT2D eigenvalue weighted by molar-refractivity contribution is 5.85. The van der Waals surface area contributed by atoms with Crippen LogP contribution in [0.25, 0.3) is 10.8 Å². The van der Waals surface area contributed by atoms with Crippen LogP contribution >= 0.6 is 0 Å². The summed E-state index contributed by atoms with van der Waals surface area (Å²) in [5.41, 5.74) is 1.44. The van der Waals surface area contributed by atoms with Crippen molar-refractivity contribution in [3.8, 4) is 0 Å². The molecule has 0 fully saturated rings. The van der Waals surface area contributed by atoms with Gasteiger partial charge in [-0.1, -0.05) is 68.1 Å². The number of benzene rings is 2. The van der Waals surface area contributed by atoms with Crippen LogP contribution in [-0.2, 0) is 11.2 Å². The average Bonchev–Trinajstić information content (AvgIpc) is 2.50. The van der Waals surface area contributed by atoms with Gasteiger partial charge in [-0.05, 0) is 35.6 Å². The number of rotatable bonds is 9. The van der Waals surface area contributed by atoms with Gasteiger partial charge in [-0.25, -0.2) is 0 Å². The van der Waals surface area contributed by atoms with Crippen molar-refractivity contribution in [2.45, 2.75) is 51.4 Å². The third-order valence-electron chi connectivity index (χ3n) is 3.97. The van der Waals surface area contributed by atoms with Crippen molar-refractivity contribution in [3.05, 3.63) is 48.0 Å². The van der Waals surface area contributed by atoms with Gasteiger partial charge in [-0.2, -0.15) is 0 Å². The number of unbranched alkanes of at least 4 members (excludes halogenated alkanes) is 5. The number of hydrogen-bond acceptors (Lipinski definition) is 1. The average molecular weight is 284 g/mol. The Morgan fingerprint density at radius 1 is 0.810 bits per heavy atom. The summed E-state index contributed by atoms with van der Waals surface area (Å²) >= 11 is 0. The van der Waals surface area contributed by atoms with Crippen LogP contribution in [0.4, 0.5) is 0 Å². The summed E-state index contributed by atoms with van der Waals surface area (Å²) in [5.74, 6) is -0.675. The molecule has 0 aliphatic carbocycles. The van der Waals surface area contributed by atoms with E-state index in [1.807, 2.05) is 0 Å². The van der Waals surface area contributed by atoms with Crippen LogP contribution in [0.2, 0.25) is 0 Å². The Morgan fingerprint density at radius 2 is 1.48 bits per heavy atom. The lowest BCUT2D eigenvalue weighted by atomic mass is 9.99. The SMILES string of the molecule is O=C(O)CCCCCCCCc1cccc2ccccc12. The molecular weight excluding hydrogens is 260 g/mol. The summed E-state index contributed by atoms with van der Waals surface area (Å²) in [4.78, 5) is 10.4. The van der Waals surface area contributed by atoms with E-state index in [4.69, 9.17) is 5.11 Å². The number of aliphatic carboxylic acids is 1. The lowest BCUT2D eigenvalue weighted by molar-refractivity contribution is -0.137. The molecule has 0 radical (unpaired) electrons. The molecule has 2 rings (SSSR count). The lowest BCUT2D eigenvalue weighted by Crippen LogP contribution is -1.93. The maximum absolute atomic E-state index is 10.4. The van der Waals surface area contributed by atoms with Gasteiger partial charge in [0.2, 0.25) is 0 Å². The second kappa shape index (κ2) is 8.46. The molecule has 0 aromatic heterocycles.